The number of ether oxygens (including phenoxy) is 1. The van der Waals surface area contributed by atoms with Gasteiger partial charge in [-0.25, -0.2) is 0 Å². The number of rotatable bonds is 3. The number of morpholine rings is 1. The Morgan fingerprint density at radius 2 is 2.17 bits per heavy atom. The lowest BCUT2D eigenvalue weighted by Gasteiger charge is -2.42. The molecule has 2 N–H and O–H groups in total. The van der Waals surface area contributed by atoms with Crippen LogP contribution in [0.25, 0.3) is 0 Å². The summed E-state index contributed by atoms with van der Waals surface area (Å²) in [5.74, 6) is 0. The van der Waals surface area contributed by atoms with Crippen LogP contribution in [0.4, 0.5) is 0 Å². The van der Waals surface area contributed by atoms with E-state index in [0.717, 1.165) is 24.2 Å². The van der Waals surface area contributed by atoms with Crippen molar-refractivity contribution in [2.24, 2.45) is 5.73 Å². The number of hydrogen-bond donors (Lipinski definition) is 1. The van der Waals surface area contributed by atoms with Gasteiger partial charge < -0.3 is 10.5 Å². The Morgan fingerprint density at radius 3 is 2.78 bits per heavy atom. The lowest BCUT2D eigenvalue weighted by atomic mass is 10.0. The summed E-state index contributed by atoms with van der Waals surface area (Å²) >= 11 is 3.62. The van der Waals surface area contributed by atoms with Crippen LogP contribution in [0.15, 0.2) is 28.7 Å². The fourth-order valence-corrected chi connectivity index (χ4v) is 3.09. The van der Waals surface area contributed by atoms with Crippen LogP contribution in [0, 0.1) is 0 Å². The van der Waals surface area contributed by atoms with E-state index >= 15 is 0 Å². The topological polar surface area (TPSA) is 38.5 Å². The summed E-state index contributed by atoms with van der Waals surface area (Å²) in [7, 11) is 0. The lowest BCUT2D eigenvalue weighted by molar-refractivity contribution is -0.0968. The Labute approximate surface area is 117 Å². The van der Waals surface area contributed by atoms with Crippen molar-refractivity contribution in [1.82, 2.24) is 4.90 Å². The van der Waals surface area contributed by atoms with Crippen LogP contribution >= 0.6 is 15.9 Å². The molecule has 1 heterocycles. The lowest BCUT2D eigenvalue weighted by Crippen LogP contribution is -2.50. The minimum atomic E-state index is -0.0904. The van der Waals surface area contributed by atoms with E-state index < -0.39 is 0 Å². The van der Waals surface area contributed by atoms with Gasteiger partial charge in [0.2, 0.25) is 0 Å². The monoisotopic (exact) mass is 312 g/mol. The van der Waals surface area contributed by atoms with Gasteiger partial charge in [0, 0.05) is 30.1 Å². The zero-order valence-corrected chi connectivity index (χ0v) is 12.6. The average molecular weight is 313 g/mol. The maximum Gasteiger partial charge on any atom is 0.0753 e. The van der Waals surface area contributed by atoms with Crippen LogP contribution in [0.2, 0.25) is 0 Å². The zero-order chi connectivity index (χ0) is 13.2. The van der Waals surface area contributed by atoms with Crippen molar-refractivity contribution in [3.63, 3.8) is 0 Å². The number of hydrogen-bond acceptors (Lipinski definition) is 3. The van der Waals surface area contributed by atoms with E-state index in [2.05, 4.69) is 52.9 Å². The molecule has 1 atom stereocenters. The minimum Gasteiger partial charge on any atom is -0.373 e. The third-order valence-electron chi connectivity index (χ3n) is 3.38. The second-order valence-corrected chi connectivity index (χ2v) is 6.21. The third kappa shape index (κ3) is 3.12. The summed E-state index contributed by atoms with van der Waals surface area (Å²) in [5, 5.41) is 0. The van der Waals surface area contributed by atoms with Crippen molar-refractivity contribution >= 4 is 15.9 Å². The van der Waals surface area contributed by atoms with Crippen molar-refractivity contribution in [3.8, 4) is 0 Å². The van der Waals surface area contributed by atoms with Crippen molar-refractivity contribution in [2.45, 2.75) is 25.5 Å². The molecule has 0 bridgehead atoms. The van der Waals surface area contributed by atoms with Crippen LogP contribution < -0.4 is 5.73 Å². The average Bonchev–Trinajstić information content (AvgIpc) is 2.31. The Balaban J connectivity index is 2.21. The number of nitrogens with two attached hydrogens (primary N) is 1. The van der Waals surface area contributed by atoms with Crippen LogP contribution in [-0.4, -0.2) is 36.7 Å². The Hall–Kier alpha value is -0.420. The van der Waals surface area contributed by atoms with Crippen molar-refractivity contribution in [3.05, 3.63) is 34.3 Å². The van der Waals surface area contributed by atoms with Crippen molar-refractivity contribution in [1.29, 1.82) is 0 Å². The highest BCUT2D eigenvalue weighted by atomic mass is 79.9. The van der Waals surface area contributed by atoms with E-state index in [0.29, 0.717) is 6.54 Å². The molecule has 0 amide bonds. The predicted octanol–water partition coefficient (Wildman–Crippen LogP) is 2.56. The van der Waals surface area contributed by atoms with E-state index in [1.807, 2.05) is 6.07 Å². The molecule has 3 nitrogen and oxygen atoms in total. The summed E-state index contributed by atoms with van der Waals surface area (Å²) in [6.07, 6.45) is 0. The first-order valence-corrected chi connectivity index (χ1v) is 7.15. The molecule has 0 radical (unpaired) electrons. The second-order valence-electron chi connectivity index (χ2n) is 5.35. The van der Waals surface area contributed by atoms with Gasteiger partial charge in [-0.2, -0.15) is 0 Å². The summed E-state index contributed by atoms with van der Waals surface area (Å²) in [4.78, 5) is 2.42. The molecule has 2 rings (SSSR count). The zero-order valence-electron chi connectivity index (χ0n) is 11.0. The maximum atomic E-state index is 5.99. The molecule has 0 aliphatic carbocycles. The van der Waals surface area contributed by atoms with E-state index in [-0.39, 0.29) is 11.6 Å². The van der Waals surface area contributed by atoms with Gasteiger partial charge in [-0.3, -0.25) is 4.90 Å². The standard InChI is InChI=1S/C14H21BrN2O/c1-14(2)10-17(7-8-18-14)13(9-16)11-5-3-4-6-12(11)15/h3-6,13H,7-10,16H2,1-2H3. The molecule has 100 valence electrons. The van der Waals surface area contributed by atoms with Crippen molar-refractivity contribution < 1.29 is 4.74 Å². The van der Waals surface area contributed by atoms with Gasteiger partial charge in [0.1, 0.15) is 0 Å². The molecule has 1 aromatic carbocycles. The van der Waals surface area contributed by atoms with Gasteiger partial charge in [-0.15, -0.1) is 0 Å². The molecule has 0 aromatic heterocycles. The van der Waals surface area contributed by atoms with E-state index in [1.54, 1.807) is 0 Å². The Morgan fingerprint density at radius 1 is 1.44 bits per heavy atom. The smallest absolute Gasteiger partial charge is 0.0753 e. The summed E-state index contributed by atoms with van der Waals surface area (Å²) in [6, 6.07) is 8.57. The molecule has 1 unspecified atom stereocenters. The molecule has 1 aliphatic rings. The van der Waals surface area contributed by atoms with Gasteiger partial charge >= 0.3 is 0 Å². The first kappa shape index (κ1) is 14.0. The van der Waals surface area contributed by atoms with Crippen LogP contribution in [0.1, 0.15) is 25.5 Å². The third-order valence-corrected chi connectivity index (χ3v) is 4.11. The summed E-state index contributed by atoms with van der Waals surface area (Å²) < 4.78 is 6.89. The van der Waals surface area contributed by atoms with Gasteiger partial charge in [-0.1, -0.05) is 34.1 Å². The van der Waals surface area contributed by atoms with Crippen LogP contribution in [0.3, 0.4) is 0 Å². The number of nitrogens with zero attached hydrogens (tertiary/aromatic N) is 1. The molecular formula is C14H21BrN2O. The minimum absolute atomic E-state index is 0.0904. The molecule has 1 aromatic rings. The second kappa shape index (κ2) is 5.70. The fourth-order valence-electron chi connectivity index (χ4n) is 2.54. The quantitative estimate of drug-likeness (QED) is 0.932. The highest BCUT2D eigenvalue weighted by molar-refractivity contribution is 9.10. The van der Waals surface area contributed by atoms with Crippen molar-refractivity contribution in [2.75, 3.05) is 26.2 Å². The maximum absolute atomic E-state index is 5.99. The molecular weight excluding hydrogens is 292 g/mol. The summed E-state index contributed by atoms with van der Waals surface area (Å²) in [6.45, 7) is 7.51. The molecule has 1 fully saturated rings. The largest absolute Gasteiger partial charge is 0.373 e. The van der Waals surface area contributed by atoms with Crippen LogP contribution in [-0.2, 0) is 4.74 Å². The van der Waals surface area contributed by atoms with E-state index in [1.165, 1.54) is 5.56 Å². The van der Waals surface area contributed by atoms with Gasteiger partial charge in [0.25, 0.3) is 0 Å². The van der Waals surface area contributed by atoms with Gasteiger partial charge in [0.05, 0.1) is 12.2 Å². The fraction of sp³-hybridized carbons (Fsp3) is 0.571. The van der Waals surface area contributed by atoms with Gasteiger partial charge in [-0.05, 0) is 25.5 Å². The van der Waals surface area contributed by atoms with Crippen LogP contribution in [0.5, 0.6) is 0 Å². The molecule has 0 spiro atoms. The van der Waals surface area contributed by atoms with Gasteiger partial charge in [0.15, 0.2) is 0 Å². The summed E-state index contributed by atoms with van der Waals surface area (Å²) in [5.41, 5.74) is 7.16. The SMILES string of the molecule is CC1(C)CN(C(CN)c2ccccc2Br)CCO1. The Bertz CT molecular complexity index is 409. The highest BCUT2D eigenvalue weighted by Crippen LogP contribution is 2.30. The molecule has 1 aliphatic heterocycles. The van der Waals surface area contributed by atoms with E-state index in [4.69, 9.17) is 10.5 Å². The highest BCUT2D eigenvalue weighted by Gasteiger charge is 2.31. The molecule has 4 heteroatoms. The first-order valence-electron chi connectivity index (χ1n) is 6.36. The number of halogens is 1. The normalized spacial score (nSPS) is 21.8. The molecule has 18 heavy (non-hydrogen) atoms. The van der Waals surface area contributed by atoms with E-state index in [9.17, 15) is 0 Å². The first-order chi connectivity index (χ1) is 8.53. The number of benzene rings is 1. The molecule has 1 saturated heterocycles. The Kier molecular flexibility index (Phi) is 4.43. The molecule has 0 saturated carbocycles. The predicted molar refractivity (Wildman–Crippen MR) is 77.5 cm³/mol.